The Bertz CT molecular complexity index is 583. The van der Waals surface area contributed by atoms with Crippen LogP contribution in [0.3, 0.4) is 0 Å². The van der Waals surface area contributed by atoms with E-state index in [1.54, 1.807) is 11.8 Å². The zero-order chi connectivity index (χ0) is 14.5. The van der Waals surface area contributed by atoms with Gasteiger partial charge in [-0.1, -0.05) is 41.5 Å². The lowest BCUT2D eigenvalue weighted by molar-refractivity contribution is -0.136. The molecular formula is C17H18O2S. The van der Waals surface area contributed by atoms with E-state index in [1.807, 2.05) is 24.3 Å². The first-order valence-electron chi connectivity index (χ1n) is 6.53. The Kier molecular flexibility index (Phi) is 4.85. The van der Waals surface area contributed by atoms with Crippen LogP contribution in [0.2, 0.25) is 0 Å². The SMILES string of the molecule is Cc1cc(C)cc(CSc2ccc(CC(=O)O)cc2)c1. The van der Waals surface area contributed by atoms with Crippen LogP contribution in [0.1, 0.15) is 22.3 Å². The number of hydrogen-bond donors (Lipinski definition) is 1. The fraction of sp³-hybridized carbons (Fsp3) is 0.235. The standard InChI is InChI=1S/C17H18O2S/c1-12-7-13(2)9-15(8-12)11-20-16-5-3-14(4-6-16)10-17(18)19/h3-9H,10-11H2,1-2H3,(H,18,19). The maximum absolute atomic E-state index is 10.6. The Balaban J connectivity index is 1.98. The molecule has 0 aliphatic carbocycles. The van der Waals surface area contributed by atoms with Crippen LogP contribution >= 0.6 is 11.8 Å². The molecule has 0 spiro atoms. The van der Waals surface area contributed by atoms with Crippen molar-refractivity contribution in [3.05, 3.63) is 64.7 Å². The van der Waals surface area contributed by atoms with E-state index >= 15 is 0 Å². The predicted molar refractivity (Wildman–Crippen MR) is 83.3 cm³/mol. The van der Waals surface area contributed by atoms with Gasteiger partial charge in [0, 0.05) is 10.6 Å². The molecule has 0 heterocycles. The largest absolute Gasteiger partial charge is 0.481 e. The molecule has 0 radical (unpaired) electrons. The van der Waals surface area contributed by atoms with Gasteiger partial charge in [-0.3, -0.25) is 4.79 Å². The second-order valence-electron chi connectivity index (χ2n) is 5.00. The lowest BCUT2D eigenvalue weighted by Crippen LogP contribution is -1.99. The fourth-order valence-electron chi connectivity index (χ4n) is 2.20. The lowest BCUT2D eigenvalue weighted by Gasteiger charge is -2.06. The summed E-state index contributed by atoms with van der Waals surface area (Å²) in [5.74, 6) is 0.140. The highest BCUT2D eigenvalue weighted by Crippen LogP contribution is 2.24. The molecule has 20 heavy (non-hydrogen) atoms. The quantitative estimate of drug-likeness (QED) is 0.836. The average Bonchev–Trinajstić information content (AvgIpc) is 2.36. The zero-order valence-electron chi connectivity index (χ0n) is 11.7. The van der Waals surface area contributed by atoms with E-state index in [0.717, 1.165) is 11.3 Å². The van der Waals surface area contributed by atoms with Gasteiger partial charge in [0.2, 0.25) is 0 Å². The van der Waals surface area contributed by atoms with E-state index in [2.05, 4.69) is 32.0 Å². The van der Waals surface area contributed by atoms with Crippen molar-refractivity contribution in [3.63, 3.8) is 0 Å². The molecule has 0 bridgehead atoms. The minimum Gasteiger partial charge on any atom is -0.481 e. The summed E-state index contributed by atoms with van der Waals surface area (Å²) in [6.07, 6.45) is 0.0853. The summed E-state index contributed by atoms with van der Waals surface area (Å²) in [5.41, 5.74) is 4.74. The van der Waals surface area contributed by atoms with Gasteiger partial charge >= 0.3 is 5.97 Å². The van der Waals surface area contributed by atoms with Crippen LogP contribution in [0.4, 0.5) is 0 Å². The summed E-state index contributed by atoms with van der Waals surface area (Å²) < 4.78 is 0. The van der Waals surface area contributed by atoms with Crippen LogP contribution in [0, 0.1) is 13.8 Å². The Labute approximate surface area is 123 Å². The highest BCUT2D eigenvalue weighted by atomic mass is 32.2. The molecular weight excluding hydrogens is 268 g/mol. The summed E-state index contributed by atoms with van der Waals surface area (Å²) in [4.78, 5) is 11.8. The zero-order valence-corrected chi connectivity index (χ0v) is 12.5. The van der Waals surface area contributed by atoms with E-state index in [9.17, 15) is 4.79 Å². The Morgan fingerprint density at radius 1 is 1.00 bits per heavy atom. The van der Waals surface area contributed by atoms with Gasteiger partial charge in [-0.15, -0.1) is 11.8 Å². The maximum atomic E-state index is 10.6. The summed E-state index contributed by atoms with van der Waals surface area (Å²) in [6.45, 7) is 4.23. The molecule has 2 aromatic carbocycles. The van der Waals surface area contributed by atoms with Crippen LogP contribution < -0.4 is 0 Å². The topological polar surface area (TPSA) is 37.3 Å². The molecule has 0 aliphatic heterocycles. The van der Waals surface area contributed by atoms with Crippen molar-refractivity contribution in [2.45, 2.75) is 30.9 Å². The number of benzene rings is 2. The number of hydrogen-bond acceptors (Lipinski definition) is 2. The third kappa shape index (κ3) is 4.42. The van der Waals surface area contributed by atoms with Crippen molar-refractivity contribution < 1.29 is 9.90 Å². The minimum absolute atomic E-state index is 0.0853. The molecule has 0 amide bonds. The molecule has 2 aromatic rings. The van der Waals surface area contributed by atoms with Crippen molar-refractivity contribution in [1.29, 1.82) is 0 Å². The Morgan fingerprint density at radius 3 is 2.15 bits per heavy atom. The molecule has 0 saturated carbocycles. The van der Waals surface area contributed by atoms with Gasteiger partial charge in [0.25, 0.3) is 0 Å². The highest BCUT2D eigenvalue weighted by molar-refractivity contribution is 7.98. The van der Waals surface area contributed by atoms with Crippen LogP contribution in [0.5, 0.6) is 0 Å². The monoisotopic (exact) mass is 286 g/mol. The van der Waals surface area contributed by atoms with Gasteiger partial charge in [-0.25, -0.2) is 0 Å². The van der Waals surface area contributed by atoms with Crippen molar-refractivity contribution in [2.24, 2.45) is 0 Å². The molecule has 1 N–H and O–H groups in total. The first-order valence-corrected chi connectivity index (χ1v) is 7.52. The van der Waals surface area contributed by atoms with Gasteiger partial charge in [0.05, 0.1) is 6.42 Å². The number of aryl methyl sites for hydroxylation is 2. The van der Waals surface area contributed by atoms with E-state index < -0.39 is 5.97 Å². The second kappa shape index (κ2) is 6.62. The van der Waals surface area contributed by atoms with Crippen LogP contribution in [-0.4, -0.2) is 11.1 Å². The van der Waals surface area contributed by atoms with E-state index in [4.69, 9.17) is 5.11 Å². The molecule has 0 aliphatic rings. The summed E-state index contributed by atoms with van der Waals surface area (Å²) in [5, 5.41) is 8.74. The first-order chi connectivity index (χ1) is 9.52. The average molecular weight is 286 g/mol. The number of rotatable bonds is 5. The number of carboxylic acids is 1. The number of carbonyl (C=O) groups is 1. The van der Waals surface area contributed by atoms with Crippen LogP contribution in [0.15, 0.2) is 47.4 Å². The number of thioether (sulfide) groups is 1. The van der Waals surface area contributed by atoms with E-state index in [1.165, 1.54) is 21.6 Å². The smallest absolute Gasteiger partial charge is 0.307 e. The molecule has 0 saturated heterocycles. The molecule has 0 unspecified atom stereocenters. The summed E-state index contributed by atoms with van der Waals surface area (Å²) >= 11 is 1.77. The molecule has 2 nitrogen and oxygen atoms in total. The molecule has 2 rings (SSSR count). The van der Waals surface area contributed by atoms with Crippen molar-refractivity contribution >= 4 is 17.7 Å². The molecule has 3 heteroatoms. The highest BCUT2D eigenvalue weighted by Gasteiger charge is 2.02. The third-order valence-corrected chi connectivity index (χ3v) is 4.05. The molecule has 0 fully saturated rings. The molecule has 0 aromatic heterocycles. The van der Waals surface area contributed by atoms with Crippen molar-refractivity contribution in [1.82, 2.24) is 0 Å². The van der Waals surface area contributed by atoms with E-state index in [0.29, 0.717) is 0 Å². The Morgan fingerprint density at radius 2 is 1.60 bits per heavy atom. The first kappa shape index (κ1) is 14.7. The second-order valence-corrected chi connectivity index (χ2v) is 6.05. The van der Waals surface area contributed by atoms with Gasteiger partial charge < -0.3 is 5.11 Å². The third-order valence-electron chi connectivity index (χ3n) is 2.97. The predicted octanol–water partition coefficient (Wildman–Crippen LogP) is 4.22. The van der Waals surface area contributed by atoms with Crippen molar-refractivity contribution in [2.75, 3.05) is 0 Å². The number of carboxylic acid groups (broad SMARTS) is 1. The summed E-state index contributed by atoms with van der Waals surface area (Å²) in [7, 11) is 0. The number of aliphatic carboxylic acids is 1. The van der Waals surface area contributed by atoms with Gasteiger partial charge in [-0.2, -0.15) is 0 Å². The maximum Gasteiger partial charge on any atom is 0.307 e. The van der Waals surface area contributed by atoms with Crippen LogP contribution in [0.25, 0.3) is 0 Å². The molecule has 104 valence electrons. The van der Waals surface area contributed by atoms with E-state index in [-0.39, 0.29) is 6.42 Å². The van der Waals surface area contributed by atoms with Gasteiger partial charge in [-0.05, 0) is 37.1 Å². The van der Waals surface area contributed by atoms with Crippen LogP contribution in [-0.2, 0) is 17.0 Å². The van der Waals surface area contributed by atoms with Gasteiger partial charge in [0.15, 0.2) is 0 Å². The van der Waals surface area contributed by atoms with Crippen molar-refractivity contribution in [3.8, 4) is 0 Å². The normalized spacial score (nSPS) is 10.5. The summed E-state index contributed by atoms with van der Waals surface area (Å²) in [6, 6.07) is 14.3. The Hall–Kier alpha value is -1.74. The lowest BCUT2D eigenvalue weighted by atomic mass is 10.1. The molecule has 0 atom stereocenters. The van der Waals surface area contributed by atoms with Gasteiger partial charge in [0.1, 0.15) is 0 Å². The minimum atomic E-state index is -0.791. The fourth-order valence-corrected chi connectivity index (χ4v) is 3.03.